The average molecular weight is 415 g/mol. The lowest BCUT2D eigenvalue weighted by Crippen LogP contribution is -2.10. The molecule has 1 aliphatic carbocycles. The molecule has 4 heteroatoms. The second-order valence-electron chi connectivity index (χ2n) is 8.24. The van der Waals surface area contributed by atoms with Gasteiger partial charge >= 0.3 is 0 Å². The van der Waals surface area contributed by atoms with Crippen LogP contribution >= 0.6 is 0 Å². The Morgan fingerprint density at radius 3 is 1.87 bits per heavy atom. The number of hydrogen-bond acceptors (Lipinski definition) is 3. The number of ether oxygens (including phenoxy) is 2. The quantitative estimate of drug-likeness (QED) is 0.342. The van der Waals surface area contributed by atoms with E-state index in [9.17, 15) is 0 Å². The van der Waals surface area contributed by atoms with Gasteiger partial charge in [0.05, 0.1) is 0 Å². The Labute approximate surface area is 184 Å². The molecule has 160 valence electrons. The zero-order valence-electron chi connectivity index (χ0n) is 17.8. The number of nitrogens with one attached hydrogen (secondary N) is 1. The summed E-state index contributed by atoms with van der Waals surface area (Å²) in [5.41, 5.74) is 9.83. The van der Waals surface area contributed by atoms with Crippen LogP contribution in [0.3, 0.4) is 0 Å². The smallest absolute Gasteiger partial charge is 0.122 e. The van der Waals surface area contributed by atoms with Gasteiger partial charge in [-0.05, 0) is 77.9 Å². The molecule has 1 saturated carbocycles. The first-order chi connectivity index (χ1) is 15.2. The molecule has 0 unspecified atom stereocenters. The summed E-state index contributed by atoms with van der Waals surface area (Å²) in [6.07, 6.45) is 6.72. The maximum absolute atomic E-state index is 7.45. The lowest BCUT2D eigenvalue weighted by Gasteiger charge is -2.22. The number of nitrogens with two attached hydrogens (primary N) is 1. The summed E-state index contributed by atoms with van der Waals surface area (Å²) >= 11 is 0. The summed E-state index contributed by atoms with van der Waals surface area (Å²) < 4.78 is 11.9. The van der Waals surface area contributed by atoms with Gasteiger partial charge in [0, 0.05) is 5.56 Å². The van der Waals surface area contributed by atoms with Crippen molar-refractivity contribution >= 4 is 5.84 Å². The summed E-state index contributed by atoms with van der Waals surface area (Å²) in [4.78, 5) is 0. The summed E-state index contributed by atoms with van der Waals surface area (Å²) in [5.74, 6) is 2.44. The maximum atomic E-state index is 7.45. The SMILES string of the molecule is N=C(N)c1ccc(OCc2cccc(COc3ccc(C4CCCCC4)cc3)c2)cc1. The van der Waals surface area contributed by atoms with E-state index in [1.165, 1.54) is 37.7 Å². The first kappa shape index (κ1) is 21.0. The molecule has 3 aromatic rings. The van der Waals surface area contributed by atoms with Gasteiger partial charge in [-0.25, -0.2) is 0 Å². The molecule has 0 bridgehead atoms. The maximum Gasteiger partial charge on any atom is 0.122 e. The standard InChI is InChI=1S/C27H30N2O2/c28-27(29)24-11-15-26(16-12-24)31-19-21-6-4-5-20(17-21)18-30-25-13-9-23(10-14-25)22-7-2-1-3-8-22/h4-6,9-17,22H,1-3,7-8,18-19H2,(H3,28,29). The minimum absolute atomic E-state index is 0.0582. The predicted octanol–water partition coefficient (Wildman–Crippen LogP) is 6.18. The number of amidine groups is 1. The highest BCUT2D eigenvalue weighted by molar-refractivity contribution is 5.94. The monoisotopic (exact) mass is 414 g/mol. The summed E-state index contributed by atoms with van der Waals surface area (Å²) in [5, 5.41) is 7.45. The minimum atomic E-state index is 0.0582. The Bertz CT molecular complexity index is 991. The van der Waals surface area contributed by atoms with Crippen LogP contribution in [-0.4, -0.2) is 5.84 Å². The van der Waals surface area contributed by atoms with Crippen LogP contribution in [0, 0.1) is 5.41 Å². The third-order valence-electron chi connectivity index (χ3n) is 5.92. The van der Waals surface area contributed by atoms with Crippen LogP contribution in [0.25, 0.3) is 0 Å². The Kier molecular flexibility index (Phi) is 6.88. The number of nitrogen functional groups attached to an aromatic ring is 1. The third kappa shape index (κ3) is 5.88. The van der Waals surface area contributed by atoms with Gasteiger partial charge in [-0.3, -0.25) is 5.41 Å². The Morgan fingerprint density at radius 1 is 0.774 bits per heavy atom. The molecule has 0 saturated heterocycles. The number of rotatable bonds is 8. The fourth-order valence-electron chi connectivity index (χ4n) is 4.15. The Balaban J connectivity index is 1.29. The molecule has 0 amide bonds. The minimum Gasteiger partial charge on any atom is -0.489 e. The van der Waals surface area contributed by atoms with E-state index in [0.717, 1.165) is 28.5 Å². The molecule has 3 N–H and O–H groups in total. The van der Waals surface area contributed by atoms with Crippen LogP contribution in [0.4, 0.5) is 0 Å². The van der Waals surface area contributed by atoms with E-state index in [0.29, 0.717) is 18.8 Å². The zero-order chi connectivity index (χ0) is 21.5. The summed E-state index contributed by atoms with van der Waals surface area (Å²) in [7, 11) is 0. The third-order valence-corrected chi connectivity index (χ3v) is 5.92. The first-order valence-corrected chi connectivity index (χ1v) is 11.1. The van der Waals surface area contributed by atoms with Gasteiger partial charge in [0.2, 0.25) is 0 Å². The van der Waals surface area contributed by atoms with Crippen molar-refractivity contribution < 1.29 is 9.47 Å². The molecule has 4 nitrogen and oxygen atoms in total. The zero-order valence-corrected chi connectivity index (χ0v) is 17.8. The van der Waals surface area contributed by atoms with Gasteiger partial charge in [-0.15, -0.1) is 0 Å². The van der Waals surface area contributed by atoms with E-state index in [-0.39, 0.29) is 5.84 Å². The fourth-order valence-corrected chi connectivity index (χ4v) is 4.15. The molecule has 0 aliphatic heterocycles. The fraction of sp³-hybridized carbons (Fsp3) is 0.296. The summed E-state index contributed by atoms with van der Waals surface area (Å²) in [6, 6.07) is 24.2. The van der Waals surface area contributed by atoms with Crippen molar-refractivity contribution in [1.82, 2.24) is 0 Å². The van der Waals surface area contributed by atoms with Gasteiger partial charge in [0.25, 0.3) is 0 Å². The average Bonchev–Trinajstić information content (AvgIpc) is 2.83. The molecule has 0 aromatic heterocycles. The van der Waals surface area contributed by atoms with Crippen molar-refractivity contribution in [3.8, 4) is 11.5 Å². The van der Waals surface area contributed by atoms with Gasteiger partial charge in [-0.1, -0.05) is 49.6 Å². The highest BCUT2D eigenvalue weighted by Gasteiger charge is 2.15. The number of hydrogen-bond donors (Lipinski definition) is 2. The van der Waals surface area contributed by atoms with Crippen LogP contribution in [-0.2, 0) is 13.2 Å². The van der Waals surface area contributed by atoms with Crippen molar-refractivity contribution in [2.24, 2.45) is 5.73 Å². The molecule has 4 rings (SSSR count). The second-order valence-corrected chi connectivity index (χ2v) is 8.24. The molecule has 0 atom stereocenters. The molecule has 0 radical (unpaired) electrons. The van der Waals surface area contributed by atoms with Crippen molar-refractivity contribution in [2.75, 3.05) is 0 Å². The van der Waals surface area contributed by atoms with E-state index in [1.807, 2.05) is 24.3 Å². The lowest BCUT2D eigenvalue weighted by atomic mass is 9.84. The van der Waals surface area contributed by atoms with Crippen molar-refractivity contribution in [3.63, 3.8) is 0 Å². The molecule has 1 aliphatic rings. The Hall–Kier alpha value is -3.27. The Morgan fingerprint density at radius 2 is 1.32 bits per heavy atom. The molecule has 1 fully saturated rings. The normalized spacial score (nSPS) is 14.2. The van der Waals surface area contributed by atoms with Gasteiger partial charge in [0.1, 0.15) is 30.5 Å². The van der Waals surface area contributed by atoms with E-state index in [4.69, 9.17) is 20.6 Å². The molecule has 31 heavy (non-hydrogen) atoms. The number of benzene rings is 3. The highest BCUT2D eigenvalue weighted by atomic mass is 16.5. The van der Waals surface area contributed by atoms with Crippen LogP contribution in [0.1, 0.15) is 60.3 Å². The van der Waals surface area contributed by atoms with Crippen LogP contribution < -0.4 is 15.2 Å². The molecular weight excluding hydrogens is 384 g/mol. The largest absolute Gasteiger partial charge is 0.489 e. The van der Waals surface area contributed by atoms with Crippen LogP contribution in [0.5, 0.6) is 11.5 Å². The second kappa shape index (κ2) is 10.2. The van der Waals surface area contributed by atoms with Crippen molar-refractivity contribution in [1.29, 1.82) is 5.41 Å². The van der Waals surface area contributed by atoms with Gasteiger partial charge < -0.3 is 15.2 Å². The van der Waals surface area contributed by atoms with Gasteiger partial charge in [0.15, 0.2) is 0 Å². The van der Waals surface area contributed by atoms with E-state index < -0.39 is 0 Å². The van der Waals surface area contributed by atoms with E-state index in [2.05, 4.69) is 36.4 Å². The van der Waals surface area contributed by atoms with E-state index in [1.54, 1.807) is 12.1 Å². The first-order valence-electron chi connectivity index (χ1n) is 11.1. The van der Waals surface area contributed by atoms with Gasteiger partial charge in [-0.2, -0.15) is 0 Å². The van der Waals surface area contributed by atoms with E-state index >= 15 is 0 Å². The van der Waals surface area contributed by atoms with Crippen molar-refractivity contribution in [2.45, 2.75) is 51.2 Å². The molecule has 3 aromatic carbocycles. The topological polar surface area (TPSA) is 68.3 Å². The highest BCUT2D eigenvalue weighted by Crippen LogP contribution is 2.33. The van der Waals surface area contributed by atoms with Crippen molar-refractivity contribution in [3.05, 3.63) is 95.1 Å². The molecule has 0 spiro atoms. The molecular formula is C27H30N2O2. The van der Waals surface area contributed by atoms with Crippen LogP contribution in [0.15, 0.2) is 72.8 Å². The summed E-state index contributed by atoms with van der Waals surface area (Å²) in [6.45, 7) is 1.01. The lowest BCUT2D eigenvalue weighted by molar-refractivity contribution is 0.300. The predicted molar refractivity (Wildman–Crippen MR) is 125 cm³/mol. The molecule has 0 heterocycles. The van der Waals surface area contributed by atoms with Crippen LogP contribution in [0.2, 0.25) is 0 Å².